The first-order chi connectivity index (χ1) is 14.5. The SMILES string of the molecule is Cc1ccsc1CN(C)C(=O)CSc1nnc(-c2ccccc2Cl)n1C1CCCC1. The molecule has 0 unspecified atom stereocenters. The van der Waals surface area contributed by atoms with E-state index < -0.39 is 0 Å². The normalized spacial score (nSPS) is 14.4. The molecule has 8 heteroatoms. The molecule has 30 heavy (non-hydrogen) atoms. The van der Waals surface area contributed by atoms with Gasteiger partial charge in [-0.05, 0) is 48.9 Å². The lowest BCUT2D eigenvalue weighted by molar-refractivity contribution is -0.127. The van der Waals surface area contributed by atoms with Gasteiger partial charge >= 0.3 is 0 Å². The lowest BCUT2D eigenvalue weighted by Gasteiger charge is -2.19. The summed E-state index contributed by atoms with van der Waals surface area (Å²) in [6.07, 6.45) is 4.62. The molecule has 1 aliphatic carbocycles. The molecule has 3 aromatic rings. The summed E-state index contributed by atoms with van der Waals surface area (Å²) in [6, 6.07) is 10.2. The average molecular weight is 461 g/mol. The second kappa shape index (κ2) is 9.54. The van der Waals surface area contributed by atoms with Crippen LogP contribution in [-0.4, -0.2) is 38.4 Å². The molecule has 1 aromatic carbocycles. The quantitative estimate of drug-likeness (QED) is 0.416. The first-order valence-electron chi connectivity index (χ1n) is 10.1. The number of halogens is 1. The van der Waals surface area contributed by atoms with Crippen LogP contribution >= 0.6 is 34.7 Å². The van der Waals surface area contributed by atoms with Crippen LogP contribution in [0.5, 0.6) is 0 Å². The number of aryl methyl sites for hydroxylation is 1. The van der Waals surface area contributed by atoms with Crippen molar-refractivity contribution < 1.29 is 4.79 Å². The second-order valence-electron chi connectivity index (χ2n) is 7.66. The number of aromatic nitrogens is 3. The predicted octanol–water partition coefficient (Wildman–Crippen LogP) is 5.83. The molecule has 158 valence electrons. The Balaban J connectivity index is 1.52. The number of thioether (sulfide) groups is 1. The zero-order chi connectivity index (χ0) is 21.1. The maximum Gasteiger partial charge on any atom is 0.233 e. The van der Waals surface area contributed by atoms with Crippen LogP contribution in [0.1, 0.15) is 42.2 Å². The first-order valence-corrected chi connectivity index (χ1v) is 12.4. The number of benzene rings is 1. The third kappa shape index (κ3) is 4.58. The van der Waals surface area contributed by atoms with E-state index in [0.29, 0.717) is 23.4 Å². The minimum absolute atomic E-state index is 0.0908. The Morgan fingerprint density at radius 3 is 2.73 bits per heavy atom. The molecule has 5 nitrogen and oxygen atoms in total. The molecule has 4 rings (SSSR count). The monoisotopic (exact) mass is 460 g/mol. The van der Waals surface area contributed by atoms with E-state index in [4.69, 9.17) is 11.6 Å². The third-order valence-corrected chi connectivity index (χ3v) is 7.83. The fourth-order valence-corrected chi connectivity index (χ4v) is 5.92. The van der Waals surface area contributed by atoms with Crippen LogP contribution in [0.25, 0.3) is 11.4 Å². The number of amides is 1. The average Bonchev–Trinajstić information content (AvgIpc) is 3.48. The van der Waals surface area contributed by atoms with Crippen molar-refractivity contribution in [2.45, 2.75) is 50.4 Å². The molecule has 2 aromatic heterocycles. The Hall–Kier alpha value is -1.83. The molecule has 0 bridgehead atoms. The van der Waals surface area contributed by atoms with Crippen molar-refractivity contribution in [3.63, 3.8) is 0 Å². The van der Waals surface area contributed by atoms with Gasteiger partial charge in [0, 0.05) is 23.5 Å². The van der Waals surface area contributed by atoms with Crippen LogP contribution < -0.4 is 0 Å². The summed E-state index contributed by atoms with van der Waals surface area (Å²) in [7, 11) is 1.86. The van der Waals surface area contributed by atoms with E-state index in [2.05, 4.69) is 33.1 Å². The van der Waals surface area contributed by atoms with Gasteiger partial charge in [-0.25, -0.2) is 0 Å². The van der Waals surface area contributed by atoms with Crippen molar-refractivity contribution in [3.8, 4) is 11.4 Å². The Morgan fingerprint density at radius 1 is 1.27 bits per heavy atom. The number of hydrogen-bond donors (Lipinski definition) is 0. The van der Waals surface area contributed by atoms with Gasteiger partial charge in [0.05, 0.1) is 17.3 Å². The smallest absolute Gasteiger partial charge is 0.233 e. The van der Waals surface area contributed by atoms with Crippen LogP contribution in [0, 0.1) is 6.92 Å². The molecule has 2 heterocycles. The zero-order valence-corrected chi connectivity index (χ0v) is 19.6. The fraction of sp³-hybridized carbons (Fsp3) is 0.409. The van der Waals surface area contributed by atoms with E-state index in [-0.39, 0.29) is 5.91 Å². The molecule has 1 fully saturated rings. The predicted molar refractivity (Wildman–Crippen MR) is 124 cm³/mol. The molecule has 0 saturated heterocycles. The Morgan fingerprint density at radius 2 is 2.03 bits per heavy atom. The van der Waals surface area contributed by atoms with E-state index in [1.165, 1.54) is 35.0 Å². The topological polar surface area (TPSA) is 51.0 Å². The van der Waals surface area contributed by atoms with Gasteiger partial charge in [0.25, 0.3) is 0 Å². The van der Waals surface area contributed by atoms with Crippen LogP contribution in [0.2, 0.25) is 5.02 Å². The molecular weight excluding hydrogens is 436 g/mol. The van der Waals surface area contributed by atoms with Gasteiger partial charge in [-0.2, -0.15) is 0 Å². The summed E-state index contributed by atoms with van der Waals surface area (Å²) in [6.45, 7) is 2.72. The Kier molecular flexibility index (Phi) is 6.80. The van der Waals surface area contributed by atoms with Gasteiger partial charge in [0.2, 0.25) is 5.91 Å². The highest BCUT2D eigenvalue weighted by atomic mass is 35.5. The summed E-state index contributed by atoms with van der Waals surface area (Å²) >= 11 is 9.61. The van der Waals surface area contributed by atoms with Crippen LogP contribution in [0.15, 0.2) is 40.9 Å². The van der Waals surface area contributed by atoms with Crippen molar-refractivity contribution in [1.82, 2.24) is 19.7 Å². The molecule has 0 radical (unpaired) electrons. The summed E-state index contributed by atoms with van der Waals surface area (Å²) in [5.74, 6) is 1.23. The van der Waals surface area contributed by atoms with Gasteiger partial charge in [0.15, 0.2) is 11.0 Å². The molecule has 1 aliphatic rings. The molecule has 1 amide bonds. The van der Waals surface area contributed by atoms with Crippen molar-refractivity contribution in [1.29, 1.82) is 0 Å². The fourth-order valence-electron chi connectivity index (χ4n) is 3.80. The van der Waals surface area contributed by atoms with Crippen molar-refractivity contribution in [3.05, 3.63) is 51.2 Å². The standard InChI is InChI=1S/C22H25ClN4OS2/c1-15-11-12-29-19(15)13-26(2)20(28)14-30-22-25-24-21(17-9-5-6-10-18(17)23)27(22)16-7-3-4-8-16/h5-6,9-12,16H,3-4,7-8,13-14H2,1-2H3. The maximum absolute atomic E-state index is 12.7. The second-order valence-corrected chi connectivity index (χ2v) is 10.0. The van der Waals surface area contributed by atoms with Crippen molar-refractivity contribution >= 4 is 40.6 Å². The lowest BCUT2D eigenvalue weighted by Crippen LogP contribution is -2.27. The van der Waals surface area contributed by atoms with Gasteiger partial charge in [-0.15, -0.1) is 21.5 Å². The van der Waals surface area contributed by atoms with Gasteiger partial charge in [-0.3, -0.25) is 9.36 Å². The summed E-state index contributed by atoms with van der Waals surface area (Å²) in [5, 5.41) is 12.5. The van der Waals surface area contributed by atoms with Crippen molar-refractivity contribution in [2.24, 2.45) is 0 Å². The first kappa shape index (κ1) is 21.4. The highest BCUT2D eigenvalue weighted by Gasteiger charge is 2.26. The lowest BCUT2D eigenvalue weighted by atomic mass is 10.2. The summed E-state index contributed by atoms with van der Waals surface area (Å²) in [5.41, 5.74) is 2.12. The van der Waals surface area contributed by atoms with Crippen molar-refractivity contribution in [2.75, 3.05) is 12.8 Å². The maximum atomic E-state index is 12.7. The highest BCUT2D eigenvalue weighted by molar-refractivity contribution is 7.99. The molecule has 0 N–H and O–H groups in total. The van der Waals surface area contributed by atoms with E-state index in [1.54, 1.807) is 16.2 Å². The van der Waals surface area contributed by atoms with Crippen LogP contribution in [-0.2, 0) is 11.3 Å². The summed E-state index contributed by atoms with van der Waals surface area (Å²) in [4.78, 5) is 15.8. The van der Waals surface area contributed by atoms with E-state index in [1.807, 2.05) is 31.3 Å². The highest BCUT2D eigenvalue weighted by Crippen LogP contribution is 2.38. The molecule has 0 atom stereocenters. The number of carbonyl (C=O) groups is 1. The van der Waals surface area contributed by atoms with E-state index >= 15 is 0 Å². The number of thiophene rings is 1. The minimum atomic E-state index is 0.0908. The molecule has 1 saturated carbocycles. The van der Waals surface area contributed by atoms with E-state index in [0.717, 1.165) is 29.4 Å². The van der Waals surface area contributed by atoms with Gasteiger partial charge < -0.3 is 4.90 Å². The number of carbonyl (C=O) groups excluding carboxylic acids is 1. The zero-order valence-electron chi connectivity index (χ0n) is 17.2. The van der Waals surface area contributed by atoms with Crippen LogP contribution in [0.3, 0.4) is 0 Å². The van der Waals surface area contributed by atoms with Gasteiger partial charge in [0.1, 0.15) is 0 Å². The molecule has 0 spiro atoms. The largest absolute Gasteiger partial charge is 0.340 e. The van der Waals surface area contributed by atoms with Crippen LogP contribution in [0.4, 0.5) is 0 Å². The van der Waals surface area contributed by atoms with Gasteiger partial charge in [-0.1, -0.05) is 48.3 Å². The molecular formula is C22H25ClN4OS2. The molecule has 0 aliphatic heterocycles. The van der Waals surface area contributed by atoms with E-state index in [9.17, 15) is 4.79 Å². The third-order valence-electron chi connectivity index (χ3n) is 5.57. The Labute approximate surface area is 190 Å². The minimum Gasteiger partial charge on any atom is -0.340 e. The number of rotatable bonds is 7. The number of nitrogens with zero attached hydrogens (tertiary/aromatic N) is 4. The summed E-state index contributed by atoms with van der Waals surface area (Å²) < 4.78 is 2.20. The number of hydrogen-bond acceptors (Lipinski definition) is 5. The Bertz CT molecular complexity index is 1030.